The summed E-state index contributed by atoms with van der Waals surface area (Å²) < 4.78 is 51.7. The third-order valence-corrected chi connectivity index (χ3v) is 8.33. The Morgan fingerprint density at radius 3 is 2.54 bits per heavy atom. The SMILES string of the molecule is CCCC(=Nc1cc(F)c(-c2cnc(N3CCOCC3)nc2)cc1C)C1C(C)C1C(C)c1ccccc1OC(F)F. The van der Waals surface area contributed by atoms with Crippen LogP contribution in [0, 0.1) is 30.5 Å². The van der Waals surface area contributed by atoms with Crippen molar-refractivity contribution in [1.82, 2.24) is 9.97 Å². The van der Waals surface area contributed by atoms with Gasteiger partial charge in [-0.25, -0.2) is 14.4 Å². The van der Waals surface area contributed by atoms with Crippen LogP contribution < -0.4 is 9.64 Å². The zero-order chi connectivity index (χ0) is 29.1. The van der Waals surface area contributed by atoms with Crippen LogP contribution in [0.3, 0.4) is 0 Å². The van der Waals surface area contributed by atoms with Gasteiger partial charge in [0.25, 0.3) is 0 Å². The van der Waals surface area contributed by atoms with E-state index in [-0.39, 0.29) is 29.3 Å². The van der Waals surface area contributed by atoms with Crippen LogP contribution in [0.15, 0.2) is 53.8 Å². The Balaban J connectivity index is 1.37. The Labute approximate surface area is 239 Å². The fraction of sp³-hybridized carbons (Fsp3) is 0.469. The summed E-state index contributed by atoms with van der Waals surface area (Å²) in [6.45, 7) is 8.13. The molecule has 0 bridgehead atoms. The Kier molecular flexibility index (Phi) is 8.92. The summed E-state index contributed by atoms with van der Waals surface area (Å²) in [7, 11) is 0. The van der Waals surface area contributed by atoms with Gasteiger partial charge < -0.3 is 14.4 Å². The molecule has 0 amide bonds. The molecule has 1 saturated heterocycles. The second-order valence-corrected chi connectivity index (χ2v) is 11.0. The molecule has 6 nitrogen and oxygen atoms in total. The van der Waals surface area contributed by atoms with Gasteiger partial charge in [0.05, 0.1) is 18.9 Å². The molecular weight excluding hydrogens is 529 g/mol. The summed E-state index contributed by atoms with van der Waals surface area (Å²) in [6.07, 6.45) is 5.01. The molecule has 4 atom stereocenters. The van der Waals surface area contributed by atoms with Crippen LogP contribution in [0.1, 0.15) is 50.7 Å². The van der Waals surface area contributed by atoms with Gasteiger partial charge in [0.1, 0.15) is 11.6 Å². The molecule has 3 aromatic rings. The minimum Gasteiger partial charge on any atom is -0.435 e. The number of anilines is 1. The van der Waals surface area contributed by atoms with Crippen molar-refractivity contribution in [3.05, 3.63) is 65.7 Å². The van der Waals surface area contributed by atoms with Crippen LogP contribution in [-0.2, 0) is 4.74 Å². The van der Waals surface area contributed by atoms with Crippen LogP contribution in [0.25, 0.3) is 11.1 Å². The van der Waals surface area contributed by atoms with Crippen molar-refractivity contribution >= 4 is 17.3 Å². The lowest BCUT2D eigenvalue weighted by Crippen LogP contribution is -2.37. The van der Waals surface area contributed by atoms with Gasteiger partial charge in [0.2, 0.25) is 5.95 Å². The molecule has 5 rings (SSSR count). The zero-order valence-corrected chi connectivity index (χ0v) is 24.0. The summed E-state index contributed by atoms with van der Waals surface area (Å²) in [5, 5.41) is 0. The number of ether oxygens (including phenoxy) is 2. The Morgan fingerprint density at radius 1 is 1.15 bits per heavy atom. The van der Waals surface area contributed by atoms with Gasteiger partial charge in [-0.1, -0.05) is 45.4 Å². The highest BCUT2D eigenvalue weighted by atomic mass is 19.3. The Hall–Kier alpha value is -3.46. The number of halogens is 3. The smallest absolute Gasteiger partial charge is 0.387 e. The van der Waals surface area contributed by atoms with Crippen molar-refractivity contribution in [2.75, 3.05) is 31.2 Å². The number of benzene rings is 2. The van der Waals surface area contributed by atoms with E-state index in [0.717, 1.165) is 42.8 Å². The second-order valence-electron chi connectivity index (χ2n) is 11.0. The molecule has 1 saturated carbocycles. The zero-order valence-electron chi connectivity index (χ0n) is 24.0. The summed E-state index contributed by atoms with van der Waals surface area (Å²) in [6, 6.07) is 10.3. The van der Waals surface area contributed by atoms with Crippen LogP contribution in [0.4, 0.5) is 24.8 Å². The van der Waals surface area contributed by atoms with Gasteiger partial charge in [-0.3, -0.25) is 4.99 Å². The number of nitrogens with zero attached hydrogens (tertiary/aromatic N) is 4. The molecule has 1 aliphatic carbocycles. The minimum absolute atomic E-state index is 0.00708. The predicted octanol–water partition coefficient (Wildman–Crippen LogP) is 7.59. The first-order valence-electron chi connectivity index (χ1n) is 14.3. The number of aromatic nitrogens is 2. The number of hydrogen-bond acceptors (Lipinski definition) is 6. The van der Waals surface area contributed by atoms with Crippen molar-refractivity contribution in [3.63, 3.8) is 0 Å². The topological polar surface area (TPSA) is 59.8 Å². The number of morpholine rings is 1. The van der Waals surface area contributed by atoms with E-state index in [1.54, 1.807) is 30.6 Å². The number of para-hydroxylation sites is 1. The molecule has 1 aliphatic heterocycles. The maximum absolute atomic E-state index is 15.4. The largest absolute Gasteiger partial charge is 0.435 e. The highest BCUT2D eigenvalue weighted by Gasteiger charge is 2.52. The lowest BCUT2D eigenvalue weighted by Gasteiger charge is -2.26. The minimum atomic E-state index is -2.87. The second kappa shape index (κ2) is 12.6. The average Bonchev–Trinajstić information content (AvgIpc) is 3.65. The van der Waals surface area contributed by atoms with Gasteiger partial charge in [-0.2, -0.15) is 8.78 Å². The quantitative estimate of drug-likeness (QED) is 0.237. The van der Waals surface area contributed by atoms with E-state index in [1.807, 2.05) is 19.1 Å². The van der Waals surface area contributed by atoms with E-state index in [1.165, 1.54) is 6.07 Å². The van der Waals surface area contributed by atoms with Crippen molar-refractivity contribution in [3.8, 4) is 16.9 Å². The van der Waals surface area contributed by atoms with E-state index in [4.69, 9.17) is 14.5 Å². The Bertz CT molecular complexity index is 1380. The summed E-state index contributed by atoms with van der Waals surface area (Å²) in [4.78, 5) is 16.0. The average molecular weight is 567 g/mol. The molecule has 0 spiro atoms. The van der Waals surface area contributed by atoms with Crippen LogP contribution in [0.5, 0.6) is 5.75 Å². The van der Waals surface area contributed by atoms with Crippen molar-refractivity contribution in [2.24, 2.45) is 22.7 Å². The molecule has 0 radical (unpaired) electrons. The van der Waals surface area contributed by atoms with E-state index in [9.17, 15) is 8.78 Å². The van der Waals surface area contributed by atoms with Crippen LogP contribution >= 0.6 is 0 Å². The molecule has 2 aliphatic rings. The third kappa shape index (κ3) is 6.40. The molecule has 2 fully saturated rings. The van der Waals surface area contributed by atoms with E-state index < -0.39 is 6.61 Å². The first kappa shape index (κ1) is 29.0. The molecule has 218 valence electrons. The monoisotopic (exact) mass is 566 g/mol. The van der Waals surface area contributed by atoms with Gasteiger partial charge >= 0.3 is 6.61 Å². The molecule has 4 unspecified atom stereocenters. The molecule has 1 aromatic heterocycles. The van der Waals surface area contributed by atoms with Gasteiger partial charge in [-0.15, -0.1) is 0 Å². The fourth-order valence-corrected chi connectivity index (χ4v) is 6.16. The highest BCUT2D eigenvalue weighted by Crippen LogP contribution is 2.56. The molecule has 0 N–H and O–H groups in total. The van der Waals surface area contributed by atoms with Crippen LogP contribution in [-0.4, -0.2) is 48.6 Å². The molecule has 2 aromatic carbocycles. The standard InChI is InChI=1S/C32H37F3N4O2/c1-5-8-26(30-21(4)29(30)20(3)23-9-6-7-10-28(23)41-31(34)35)38-27-16-25(33)24(15-19(27)2)22-17-36-32(37-18-22)39-11-13-40-14-12-39/h6-7,9-10,15-18,20-21,29-31H,5,8,11-14H2,1-4H3. The molecule has 41 heavy (non-hydrogen) atoms. The number of alkyl halides is 2. The molecular formula is C32H37F3N4O2. The van der Waals surface area contributed by atoms with Crippen molar-refractivity contribution in [2.45, 2.75) is 53.1 Å². The summed E-state index contributed by atoms with van der Waals surface area (Å²) in [5.74, 6) is 1.21. The number of hydrogen-bond donors (Lipinski definition) is 0. The maximum Gasteiger partial charge on any atom is 0.387 e. The lowest BCUT2D eigenvalue weighted by molar-refractivity contribution is -0.0506. The van der Waals surface area contributed by atoms with Crippen molar-refractivity contribution < 1.29 is 22.6 Å². The first-order chi connectivity index (χ1) is 19.8. The summed E-state index contributed by atoms with van der Waals surface area (Å²) >= 11 is 0. The van der Waals surface area contributed by atoms with E-state index in [0.29, 0.717) is 41.9 Å². The Morgan fingerprint density at radius 2 is 1.85 bits per heavy atom. The number of rotatable bonds is 10. The number of aliphatic imine (C=N–C) groups is 1. The summed E-state index contributed by atoms with van der Waals surface area (Å²) in [5.41, 5.74) is 4.32. The third-order valence-electron chi connectivity index (χ3n) is 8.33. The van der Waals surface area contributed by atoms with Gasteiger partial charge in [-0.05, 0) is 54.4 Å². The lowest BCUT2D eigenvalue weighted by atomic mass is 9.92. The van der Waals surface area contributed by atoms with Crippen molar-refractivity contribution in [1.29, 1.82) is 0 Å². The van der Waals surface area contributed by atoms with E-state index >= 15 is 4.39 Å². The van der Waals surface area contributed by atoms with Crippen LogP contribution in [0.2, 0.25) is 0 Å². The first-order valence-corrected chi connectivity index (χ1v) is 14.3. The van der Waals surface area contributed by atoms with E-state index in [2.05, 4.69) is 35.6 Å². The molecule has 2 heterocycles. The number of aryl methyl sites for hydroxylation is 1. The maximum atomic E-state index is 15.4. The predicted molar refractivity (Wildman–Crippen MR) is 155 cm³/mol. The van der Waals surface area contributed by atoms with Gasteiger partial charge in [0, 0.05) is 54.3 Å². The highest BCUT2D eigenvalue weighted by molar-refractivity contribution is 5.92. The normalized spacial score (nSPS) is 21.7. The fourth-order valence-electron chi connectivity index (χ4n) is 6.16. The molecule has 9 heteroatoms. The van der Waals surface area contributed by atoms with Gasteiger partial charge in [0.15, 0.2) is 0 Å².